The van der Waals surface area contributed by atoms with Gasteiger partial charge in [-0.2, -0.15) is 11.3 Å². The average molecular weight is 403 g/mol. The zero-order valence-corrected chi connectivity index (χ0v) is 16.7. The molecule has 0 atom stereocenters. The fourth-order valence-electron chi connectivity index (χ4n) is 3.70. The topological polar surface area (TPSA) is 76.0 Å². The van der Waals surface area contributed by atoms with Gasteiger partial charge in [-0.25, -0.2) is 0 Å². The van der Waals surface area contributed by atoms with Crippen molar-refractivity contribution in [2.45, 2.75) is 0 Å². The number of carbonyl (C=O) groups is 1. The molecule has 4 heterocycles. The highest BCUT2D eigenvalue weighted by Gasteiger charge is 2.24. The summed E-state index contributed by atoms with van der Waals surface area (Å²) in [7, 11) is 0. The van der Waals surface area contributed by atoms with E-state index in [2.05, 4.69) is 24.9 Å². The van der Waals surface area contributed by atoms with Crippen LogP contribution >= 0.6 is 11.3 Å². The second kappa shape index (κ2) is 8.85. The Balaban J connectivity index is 1.30. The van der Waals surface area contributed by atoms with Gasteiger partial charge in [-0.15, -0.1) is 10.2 Å². The summed E-state index contributed by atoms with van der Waals surface area (Å²) in [6.45, 7) is 7.55. The lowest BCUT2D eigenvalue weighted by atomic mass is 10.2. The van der Waals surface area contributed by atoms with E-state index in [0.29, 0.717) is 13.1 Å². The Labute approximate surface area is 169 Å². The van der Waals surface area contributed by atoms with Crippen LogP contribution in [0, 0.1) is 0 Å². The van der Waals surface area contributed by atoms with Gasteiger partial charge in [0.05, 0.1) is 12.2 Å². The molecule has 2 aromatic rings. The molecule has 2 fully saturated rings. The average Bonchev–Trinajstić information content (AvgIpc) is 3.29. The predicted molar refractivity (Wildman–Crippen MR) is 110 cm³/mol. The molecule has 150 valence electrons. The molecule has 0 unspecified atom stereocenters. The van der Waals surface area contributed by atoms with Crippen LogP contribution in [0.4, 0.5) is 11.6 Å². The molecule has 2 aromatic heterocycles. The van der Waals surface area contributed by atoms with E-state index in [1.807, 2.05) is 33.9 Å². The smallest absolute Gasteiger partial charge is 0.254 e. The second-order valence-corrected chi connectivity index (χ2v) is 7.87. The van der Waals surface area contributed by atoms with Gasteiger partial charge in [-0.3, -0.25) is 9.69 Å². The van der Waals surface area contributed by atoms with Gasteiger partial charge in [0.1, 0.15) is 0 Å². The maximum absolute atomic E-state index is 12.5. The van der Waals surface area contributed by atoms with E-state index in [4.69, 9.17) is 5.11 Å². The van der Waals surface area contributed by atoms with Crippen molar-refractivity contribution in [3.05, 3.63) is 34.5 Å². The highest BCUT2D eigenvalue weighted by molar-refractivity contribution is 7.08. The zero-order chi connectivity index (χ0) is 19.3. The number of rotatable bonds is 5. The predicted octanol–water partition coefficient (Wildman–Crippen LogP) is 0.615. The van der Waals surface area contributed by atoms with Crippen LogP contribution in [-0.4, -0.2) is 96.5 Å². The van der Waals surface area contributed by atoms with Crippen molar-refractivity contribution < 1.29 is 9.90 Å². The number of aliphatic hydroxyl groups is 1. The quantitative estimate of drug-likeness (QED) is 0.786. The minimum absolute atomic E-state index is 0.114. The first-order valence-electron chi connectivity index (χ1n) is 9.73. The van der Waals surface area contributed by atoms with E-state index in [0.717, 1.165) is 63.0 Å². The standard InChI is InChI=1S/C19H26N6O2S/c26-13-12-22-4-6-23(7-5-22)17-1-2-18(21-20-17)24-8-10-25(11-9-24)19(27)16-3-14-28-15-16/h1-3,14-15,26H,4-13H2. The first kappa shape index (κ1) is 19.1. The molecule has 0 radical (unpaired) electrons. The summed E-state index contributed by atoms with van der Waals surface area (Å²) >= 11 is 1.55. The van der Waals surface area contributed by atoms with Crippen molar-refractivity contribution >= 4 is 28.9 Å². The number of piperazine rings is 2. The first-order valence-corrected chi connectivity index (χ1v) is 10.7. The maximum atomic E-state index is 12.5. The van der Waals surface area contributed by atoms with Crippen LogP contribution in [0.3, 0.4) is 0 Å². The van der Waals surface area contributed by atoms with E-state index in [1.165, 1.54) is 0 Å². The van der Waals surface area contributed by atoms with E-state index in [9.17, 15) is 4.79 Å². The normalized spacial score (nSPS) is 18.5. The Kier molecular flexibility index (Phi) is 6.04. The van der Waals surface area contributed by atoms with Gasteiger partial charge in [0.25, 0.3) is 5.91 Å². The van der Waals surface area contributed by atoms with Crippen LogP contribution in [0.25, 0.3) is 0 Å². The summed E-state index contributed by atoms with van der Waals surface area (Å²) < 4.78 is 0. The van der Waals surface area contributed by atoms with Crippen LogP contribution < -0.4 is 9.80 Å². The Morgan fingerprint density at radius 2 is 1.54 bits per heavy atom. The number of nitrogens with zero attached hydrogens (tertiary/aromatic N) is 6. The van der Waals surface area contributed by atoms with Crippen LogP contribution in [0.15, 0.2) is 29.0 Å². The molecule has 9 heteroatoms. The van der Waals surface area contributed by atoms with Gasteiger partial charge >= 0.3 is 0 Å². The number of carbonyl (C=O) groups excluding carboxylic acids is 1. The summed E-state index contributed by atoms with van der Waals surface area (Å²) in [5, 5.41) is 21.8. The van der Waals surface area contributed by atoms with Crippen LogP contribution in [0.5, 0.6) is 0 Å². The lowest BCUT2D eigenvalue weighted by Gasteiger charge is -2.36. The third kappa shape index (κ3) is 4.26. The monoisotopic (exact) mass is 402 g/mol. The molecular weight excluding hydrogens is 376 g/mol. The fraction of sp³-hybridized carbons (Fsp3) is 0.526. The van der Waals surface area contributed by atoms with Gasteiger partial charge < -0.3 is 19.8 Å². The third-order valence-corrected chi connectivity index (χ3v) is 6.09. The molecule has 8 nitrogen and oxygen atoms in total. The van der Waals surface area contributed by atoms with Crippen molar-refractivity contribution in [2.75, 3.05) is 75.3 Å². The van der Waals surface area contributed by atoms with Crippen LogP contribution in [0.1, 0.15) is 10.4 Å². The number of anilines is 2. The summed E-state index contributed by atoms with van der Waals surface area (Å²) in [5.41, 5.74) is 0.779. The Bertz CT molecular complexity index is 753. The fourth-order valence-corrected chi connectivity index (χ4v) is 4.33. The van der Waals surface area contributed by atoms with Gasteiger partial charge in [-0.1, -0.05) is 0 Å². The molecule has 0 aromatic carbocycles. The second-order valence-electron chi connectivity index (χ2n) is 7.09. The number of β-amino-alcohol motifs (C(OH)–C–C–N with tert-alkyl or cyclic N) is 1. The number of amides is 1. The number of hydrogen-bond acceptors (Lipinski definition) is 8. The molecule has 0 aliphatic carbocycles. The molecule has 1 N–H and O–H groups in total. The van der Waals surface area contributed by atoms with E-state index < -0.39 is 0 Å². The third-order valence-electron chi connectivity index (χ3n) is 5.41. The van der Waals surface area contributed by atoms with Crippen molar-refractivity contribution in [3.8, 4) is 0 Å². The van der Waals surface area contributed by atoms with E-state index in [1.54, 1.807) is 11.3 Å². The molecule has 4 rings (SSSR count). The Morgan fingerprint density at radius 3 is 2.04 bits per heavy atom. The summed E-state index contributed by atoms with van der Waals surface area (Å²) in [5.74, 6) is 1.88. The molecule has 0 spiro atoms. The zero-order valence-electron chi connectivity index (χ0n) is 15.9. The minimum atomic E-state index is 0.114. The highest BCUT2D eigenvalue weighted by Crippen LogP contribution is 2.19. The highest BCUT2D eigenvalue weighted by atomic mass is 32.1. The van der Waals surface area contributed by atoms with Crippen molar-refractivity contribution in [3.63, 3.8) is 0 Å². The first-order chi connectivity index (χ1) is 13.7. The lowest BCUT2D eigenvalue weighted by molar-refractivity contribution is 0.0747. The molecular formula is C19H26N6O2S. The van der Waals surface area contributed by atoms with Crippen molar-refractivity contribution in [1.29, 1.82) is 0 Å². The van der Waals surface area contributed by atoms with Gasteiger partial charge in [0.2, 0.25) is 0 Å². The van der Waals surface area contributed by atoms with E-state index in [-0.39, 0.29) is 12.5 Å². The van der Waals surface area contributed by atoms with Gasteiger partial charge in [0, 0.05) is 64.3 Å². The molecule has 0 bridgehead atoms. The van der Waals surface area contributed by atoms with Gasteiger partial charge in [-0.05, 0) is 23.6 Å². The van der Waals surface area contributed by atoms with Crippen molar-refractivity contribution in [2.24, 2.45) is 0 Å². The lowest BCUT2D eigenvalue weighted by Crippen LogP contribution is -2.49. The molecule has 28 heavy (non-hydrogen) atoms. The largest absolute Gasteiger partial charge is 0.395 e. The van der Waals surface area contributed by atoms with Crippen LogP contribution in [-0.2, 0) is 0 Å². The SMILES string of the molecule is O=C(c1ccsc1)N1CCN(c2ccc(N3CCN(CCO)CC3)nn2)CC1. The molecule has 2 aliphatic heterocycles. The Hall–Kier alpha value is -2.23. The number of aliphatic hydroxyl groups excluding tert-OH is 1. The summed E-state index contributed by atoms with van der Waals surface area (Å²) in [4.78, 5) is 21.0. The summed E-state index contributed by atoms with van der Waals surface area (Å²) in [6, 6.07) is 5.94. The van der Waals surface area contributed by atoms with Gasteiger partial charge in [0.15, 0.2) is 11.6 Å². The molecule has 0 saturated carbocycles. The van der Waals surface area contributed by atoms with E-state index >= 15 is 0 Å². The number of thiophene rings is 1. The molecule has 2 aliphatic rings. The van der Waals surface area contributed by atoms with Crippen molar-refractivity contribution in [1.82, 2.24) is 20.0 Å². The van der Waals surface area contributed by atoms with Crippen LogP contribution in [0.2, 0.25) is 0 Å². The summed E-state index contributed by atoms with van der Waals surface area (Å²) in [6.07, 6.45) is 0. The minimum Gasteiger partial charge on any atom is -0.395 e. The maximum Gasteiger partial charge on any atom is 0.254 e. The molecule has 1 amide bonds. The number of aromatic nitrogens is 2. The number of hydrogen-bond donors (Lipinski definition) is 1. The Morgan fingerprint density at radius 1 is 0.929 bits per heavy atom. The molecule has 2 saturated heterocycles.